The van der Waals surface area contributed by atoms with Crippen LogP contribution in [0, 0.1) is 0 Å². The van der Waals surface area contributed by atoms with Crippen molar-refractivity contribution in [1.82, 2.24) is 4.90 Å². The zero-order valence-corrected chi connectivity index (χ0v) is 20.5. The normalized spacial score (nSPS) is 22.1. The minimum atomic E-state index is -3.91. The number of carbonyl (C=O) groups excluding carboxylic acids is 2. The summed E-state index contributed by atoms with van der Waals surface area (Å²) < 4.78 is 50.1. The second kappa shape index (κ2) is 10.1. The Kier molecular flexibility index (Phi) is 7.18. The first kappa shape index (κ1) is 24.8. The van der Waals surface area contributed by atoms with E-state index in [4.69, 9.17) is 18.9 Å². The fraction of sp³-hybridized carbons (Fsp3) is 0.417. The Hall–Kier alpha value is -3.31. The number of benzene rings is 2. The predicted molar refractivity (Wildman–Crippen MR) is 126 cm³/mol. The van der Waals surface area contributed by atoms with Gasteiger partial charge in [-0.15, -0.1) is 0 Å². The number of nitrogens with zero attached hydrogens (tertiary/aromatic N) is 1. The number of nitrogens with one attached hydrogen (secondary N) is 1. The molecule has 0 bridgehead atoms. The van der Waals surface area contributed by atoms with Gasteiger partial charge in [0.25, 0.3) is 15.9 Å². The van der Waals surface area contributed by atoms with Crippen molar-refractivity contribution in [2.24, 2.45) is 0 Å². The van der Waals surface area contributed by atoms with Crippen LogP contribution in [-0.2, 0) is 24.3 Å². The molecular formula is C24H28N2O8S. The molecule has 2 heterocycles. The van der Waals surface area contributed by atoms with E-state index in [1.807, 2.05) is 0 Å². The lowest BCUT2D eigenvalue weighted by Gasteiger charge is -2.42. The Morgan fingerprint density at radius 1 is 1.17 bits per heavy atom. The number of likely N-dealkylation sites (N-methyl/N-ethyl adjacent to an activating group) is 1. The van der Waals surface area contributed by atoms with Crippen LogP contribution in [0.5, 0.6) is 11.5 Å². The number of esters is 1. The Balaban J connectivity index is 1.55. The second-order valence-corrected chi connectivity index (χ2v) is 10.1. The Morgan fingerprint density at radius 2 is 1.97 bits per heavy atom. The van der Waals surface area contributed by atoms with Crippen LogP contribution in [-0.4, -0.2) is 71.3 Å². The fourth-order valence-corrected chi connectivity index (χ4v) is 5.43. The van der Waals surface area contributed by atoms with Crippen molar-refractivity contribution in [2.45, 2.75) is 42.4 Å². The molecule has 2 aromatic rings. The third-order valence-electron chi connectivity index (χ3n) is 6.24. The Labute approximate surface area is 204 Å². The molecule has 11 heteroatoms. The Morgan fingerprint density at radius 3 is 2.71 bits per heavy atom. The van der Waals surface area contributed by atoms with E-state index in [0.717, 1.165) is 0 Å². The largest absolute Gasteiger partial charge is 0.497 e. The van der Waals surface area contributed by atoms with Gasteiger partial charge in [-0.1, -0.05) is 6.07 Å². The quantitative estimate of drug-likeness (QED) is 0.596. The first-order valence-corrected chi connectivity index (χ1v) is 12.6. The molecule has 1 fully saturated rings. The molecule has 3 atom stereocenters. The van der Waals surface area contributed by atoms with Crippen molar-refractivity contribution in [3.8, 4) is 11.5 Å². The summed E-state index contributed by atoms with van der Waals surface area (Å²) in [5, 5.41) is 0. The van der Waals surface area contributed by atoms with E-state index in [2.05, 4.69) is 4.72 Å². The summed E-state index contributed by atoms with van der Waals surface area (Å²) in [4.78, 5) is 26.6. The van der Waals surface area contributed by atoms with E-state index in [0.29, 0.717) is 24.3 Å². The molecule has 0 aliphatic carbocycles. The van der Waals surface area contributed by atoms with Crippen molar-refractivity contribution in [1.29, 1.82) is 0 Å². The Bertz CT molecular complexity index is 1220. The molecule has 1 amide bonds. The van der Waals surface area contributed by atoms with Gasteiger partial charge in [-0.25, -0.2) is 8.42 Å². The monoisotopic (exact) mass is 504 g/mol. The molecular weight excluding hydrogens is 476 g/mol. The number of rotatable bonds is 6. The van der Waals surface area contributed by atoms with Crippen LogP contribution in [0.3, 0.4) is 0 Å². The standard InChI is InChI=1S/C24H28N2O8S/c1-26-20-9-8-17(13-23(27)32-3)34-22(20)14-33-21-10-7-15(11-19(21)24(26)28)25-35(29,30)18-6-4-5-16(12-18)31-2/h4-7,10-12,17,20,22,25H,8-9,13-14H2,1-3H3/t17-,20+,22+/m1/s1. The van der Waals surface area contributed by atoms with Crippen molar-refractivity contribution < 1.29 is 37.0 Å². The van der Waals surface area contributed by atoms with Gasteiger partial charge < -0.3 is 23.8 Å². The van der Waals surface area contributed by atoms with E-state index in [-0.39, 0.29) is 53.2 Å². The third kappa shape index (κ3) is 5.35. The molecule has 2 aromatic carbocycles. The molecule has 0 aromatic heterocycles. The molecule has 1 N–H and O–H groups in total. The summed E-state index contributed by atoms with van der Waals surface area (Å²) in [6, 6.07) is 10.4. The molecule has 0 unspecified atom stereocenters. The smallest absolute Gasteiger partial charge is 0.308 e. The molecule has 0 saturated carbocycles. The highest BCUT2D eigenvalue weighted by atomic mass is 32.2. The zero-order valence-electron chi connectivity index (χ0n) is 19.7. The highest BCUT2D eigenvalue weighted by molar-refractivity contribution is 7.92. The fourth-order valence-electron chi connectivity index (χ4n) is 4.34. The molecule has 4 rings (SSSR count). The maximum Gasteiger partial charge on any atom is 0.308 e. The number of methoxy groups -OCH3 is 2. The lowest BCUT2D eigenvalue weighted by molar-refractivity contribution is -0.151. The van der Waals surface area contributed by atoms with Gasteiger partial charge in [-0.2, -0.15) is 0 Å². The maximum atomic E-state index is 13.3. The molecule has 35 heavy (non-hydrogen) atoms. The van der Waals surface area contributed by atoms with Crippen LogP contribution in [0.25, 0.3) is 0 Å². The van der Waals surface area contributed by atoms with Crippen LogP contribution in [0.2, 0.25) is 0 Å². The molecule has 2 aliphatic heterocycles. The number of amides is 1. The molecule has 1 saturated heterocycles. The van der Waals surface area contributed by atoms with E-state index in [9.17, 15) is 18.0 Å². The van der Waals surface area contributed by atoms with Crippen LogP contribution < -0.4 is 14.2 Å². The summed E-state index contributed by atoms with van der Waals surface area (Å²) in [7, 11) is 0.567. The minimum Gasteiger partial charge on any atom is -0.497 e. The average Bonchev–Trinajstić information content (AvgIpc) is 2.86. The van der Waals surface area contributed by atoms with E-state index in [1.54, 1.807) is 30.1 Å². The summed E-state index contributed by atoms with van der Waals surface area (Å²) in [6.45, 7) is 0.182. The number of carbonyl (C=O) groups is 2. The summed E-state index contributed by atoms with van der Waals surface area (Å²) in [5.41, 5.74) is 0.473. The molecule has 0 spiro atoms. The van der Waals surface area contributed by atoms with Gasteiger partial charge in [0.2, 0.25) is 0 Å². The lowest BCUT2D eigenvalue weighted by Crippen LogP contribution is -2.53. The summed E-state index contributed by atoms with van der Waals surface area (Å²) in [5.74, 6) is 0.0729. The van der Waals surface area contributed by atoms with Gasteiger partial charge in [0.1, 0.15) is 24.2 Å². The minimum absolute atomic E-state index is 0.0343. The molecule has 188 valence electrons. The van der Waals surface area contributed by atoms with Gasteiger partial charge in [-0.05, 0) is 43.2 Å². The van der Waals surface area contributed by atoms with Crippen molar-refractivity contribution in [3.05, 3.63) is 48.0 Å². The topological polar surface area (TPSA) is 120 Å². The van der Waals surface area contributed by atoms with Gasteiger partial charge in [-0.3, -0.25) is 14.3 Å². The number of fused-ring (bicyclic) bond motifs is 2. The molecule has 2 aliphatic rings. The third-order valence-corrected chi connectivity index (χ3v) is 7.62. The number of anilines is 1. The zero-order chi connectivity index (χ0) is 25.2. The van der Waals surface area contributed by atoms with E-state index < -0.39 is 16.1 Å². The first-order valence-electron chi connectivity index (χ1n) is 11.1. The summed E-state index contributed by atoms with van der Waals surface area (Å²) >= 11 is 0. The lowest BCUT2D eigenvalue weighted by atomic mass is 9.94. The van der Waals surface area contributed by atoms with E-state index in [1.165, 1.54) is 38.5 Å². The average molecular weight is 505 g/mol. The van der Waals surface area contributed by atoms with Crippen LogP contribution in [0.1, 0.15) is 29.6 Å². The highest BCUT2D eigenvalue weighted by Crippen LogP contribution is 2.33. The number of sulfonamides is 1. The van der Waals surface area contributed by atoms with Crippen molar-refractivity contribution >= 4 is 27.6 Å². The van der Waals surface area contributed by atoms with Gasteiger partial charge in [0.15, 0.2) is 0 Å². The summed E-state index contributed by atoms with van der Waals surface area (Å²) in [6.07, 6.45) is 0.663. The van der Waals surface area contributed by atoms with Gasteiger partial charge in [0, 0.05) is 18.8 Å². The molecule has 10 nitrogen and oxygen atoms in total. The molecule has 0 radical (unpaired) electrons. The van der Waals surface area contributed by atoms with Crippen molar-refractivity contribution in [3.63, 3.8) is 0 Å². The number of ether oxygens (including phenoxy) is 4. The highest BCUT2D eigenvalue weighted by Gasteiger charge is 2.39. The van der Waals surface area contributed by atoms with Gasteiger partial charge >= 0.3 is 5.97 Å². The second-order valence-electron chi connectivity index (χ2n) is 8.44. The first-order chi connectivity index (χ1) is 16.7. The number of hydrogen-bond donors (Lipinski definition) is 1. The SMILES string of the molecule is COC(=O)C[C@H]1CC[C@H]2[C@H](COc3ccc(NS(=O)(=O)c4cccc(OC)c4)cc3C(=O)N2C)O1. The number of hydrogen-bond acceptors (Lipinski definition) is 8. The van der Waals surface area contributed by atoms with E-state index >= 15 is 0 Å². The van der Waals surface area contributed by atoms with Crippen LogP contribution in [0.4, 0.5) is 5.69 Å². The van der Waals surface area contributed by atoms with Gasteiger partial charge in [0.05, 0.1) is 43.2 Å². The van der Waals surface area contributed by atoms with Crippen LogP contribution >= 0.6 is 0 Å². The predicted octanol–water partition coefficient (Wildman–Crippen LogP) is 2.44. The van der Waals surface area contributed by atoms with Crippen molar-refractivity contribution in [2.75, 3.05) is 32.6 Å². The maximum absolute atomic E-state index is 13.3. The van der Waals surface area contributed by atoms with Crippen LogP contribution in [0.15, 0.2) is 47.4 Å².